The van der Waals surface area contributed by atoms with Crippen LogP contribution in [0.3, 0.4) is 0 Å². The maximum Gasteiger partial charge on any atom is 0.0994 e. The van der Waals surface area contributed by atoms with E-state index in [1.165, 1.54) is 0 Å². The summed E-state index contributed by atoms with van der Waals surface area (Å²) in [6.07, 6.45) is 0.242. The molecule has 0 radical (unpaired) electrons. The molecule has 2 nitrogen and oxygen atoms in total. The van der Waals surface area contributed by atoms with Gasteiger partial charge in [0.1, 0.15) is 0 Å². The molecule has 0 aliphatic rings. The fraction of sp³-hybridized carbons (Fsp3) is 0.333. The molecule has 0 amide bonds. The second kappa shape index (κ2) is 4.82. The molecular weight excluding hydrogens is 208 g/mol. The van der Waals surface area contributed by atoms with Gasteiger partial charge in [-0.15, -0.1) is 0 Å². The largest absolute Gasteiger partial charge is 0.198 e. The van der Waals surface area contributed by atoms with Crippen LogP contribution in [0.5, 0.6) is 0 Å². The van der Waals surface area contributed by atoms with Crippen molar-refractivity contribution >= 4 is 11.6 Å². The first-order valence-corrected chi connectivity index (χ1v) is 5.07. The van der Waals surface area contributed by atoms with Crippen LogP contribution in [0.1, 0.15) is 36.5 Å². The van der Waals surface area contributed by atoms with Gasteiger partial charge in [0.25, 0.3) is 0 Å². The first-order valence-electron chi connectivity index (χ1n) is 4.69. The van der Waals surface area contributed by atoms with Crippen molar-refractivity contribution in [1.82, 2.24) is 0 Å². The Kier molecular flexibility index (Phi) is 3.72. The number of nitrogens with zero attached hydrogens (tertiary/aromatic N) is 2. The van der Waals surface area contributed by atoms with E-state index in [-0.39, 0.29) is 12.3 Å². The van der Waals surface area contributed by atoms with Crippen LogP contribution in [0.4, 0.5) is 0 Å². The molecule has 0 bridgehead atoms. The van der Waals surface area contributed by atoms with Crippen LogP contribution in [-0.2, 0) is 6.42 Å². The van der Waals surface area contributed by atoms with Crippen LogP contribution in [-0.4, -0.2) is 0 Å². The molecule has 76 valence electrons. The fourth-order valence-electron chi connectivity index (χ4n) is 1.43. The third-order valence-electron chi connectivity index (χ3n) is 2.23. The minimum atomic E-state index is 0.242. The van der Waals surface area contributed by atoms with Crippen LogP contribution in [0.25, 0.3) is 0 Å². The van der Waals surface area contributed by atoms with Gasteiger partial charge in [0.15, 0.2) is 0 Å². The highest BCUT2D eigenvalue weighted by Gasteiger charge is 2.10. The second-order valence-electron chi connectivity index (χ2n) is 3.63. The topological polar surface area (TPSA) is 47.6 Å². The van der Waals surface area contributed by atoms with E-state index >= 15 is 0 Å². The van der Waals surface area contributed by atoms with Crippen molar-refractivity contribution in [2.45, 2.75) is 26.2 Å². The molecule has 0 aliphatic heterocycles. The number of nitriles is 2. The standard InChI is InChI=1S/C12H11ClN2/c1-8(2)11-6-12(13)9(3-4-14)5-10(11)7-15/h5-6,8H,3H2,1-2H3. The zero-order chi connectivity index (χ0) is 11.4. The number of rotatable bonds is 2. The Labute approximate surface area is 94.7 Å². The maximum atomic E-state index is 8.97. The summed E-state index contributed by atoms with van der Waals surface area (Å²) in [6, 6.07) is 7.66. The molecular formula is C12H11ClN2. The lowest BCUT2D eigenvalue weighted by atomic mass is 9.95. The zero-order valence-electron chi connectivity index (χ0n) is 8.71. The zero-order valence-corrected chi connectivity index (χ0v) is 9.47. The van der Waals surface area contributed by atoms with Gasteiger partial charge in [-0.2, -0.15) is 10.5 Å². The van der Waals surface area contributed by atoms with E-state index < -0.39 is 0 Å². The highest BCUT2D eigenvalue weighted by atomic mass is 35.5. The average Bonchev–Trinajstić information content (AvgIpc) is 2.20. The summed E-state index contributed by atoms with van der Waals surface area (Å²) in [5, 5.41) is 18.1. The summed E-state index contributed by atoms with van der Waals surface area (Å²) in [4.78, 5) is 0. The van der Waals surface area contributed by atoms with Crippen molar-refractivity contribution in [2.75, 3.05) is 0 Å². The van der Waals surface area contributed by atoms with Crippen molar-refractivity contribution in [3.05, 3.63) is 33.8 Å². The first kappa shape index (κ1) is 11.6. The summed E-state index contributed by atoms with van der Waals surface area (Å²) in [5.74, 6) is 0.258. The summed E-state index contributed by atoms with van der Waals surface area (Å²) in [6.45, 7) is 4.02. The van der Waals surface area contributed by atoms with Crippen molar-refractivity contribution in [3.8, 4) is 12.1 Å². The first-order chi connectivity index (χ1) is 7.10. The molecule has 0 spiro atoms. The lowest BCUT2D eigenvalue weighted by Crippen LogP contribution is -1.96. The summed E-state index contributed by atoms with van der Waals surface area (Å²) >= 11 is 6.02. The van der Waals surface area contributed by atoms with Gasteiger partial charge in [0.05, 0.1) is 24.1 Å². The van der Waals surface area contributed by atoms with Gasteiger partial charge in [-0.1, -0.05) is 25.4 Å². The predicted octanol–water partition coefficient (Wildman–Crippen LogP) is 3.40. The highest BCUT2D eigenvalue weighted by Crippen LogP contribution is 2.26. The molecule has 0 heterocycles. The van der Waals surface area contributed by atoms with Gasteiger partial charge in [-0.05, 0) is 29.2 Å². The Morgan fingerprint density at radius 2 is 2.00 bits per heavy atom. The molecule has 0 fully saturated rings. The van der Waals surface area contributed by atoms with Gasteiger partial charge in [-0.25, -0.2) is 0 Å². The number of benzene rings is 1. The molecule has 1 aromatic carbocycles. The van der Waals surface area contributed by atoms with E-state index in [0.29, 0.717) is 10.6 Å². The number of hydrogen-bond acceptors (Lipinski definition) is 2. The molecule has 1 rings (SSSR count). The summed E-state index contributed by atoms with van der Waals surface area (Å²) in [5.41, 5.74) is 2.27. The molecule has 15 heavy (non-hydrogen) atoms. The van der Waals surface area contributed by atoms with Crippen LogP contribution in [0.15, 0.2) is 12.1 Å². The van der Waals surface area contributed by atoms with E-state index in [1.807, 2.05) is 19.9 Å². The molecule has 1 aromatic rings. The van der Waals surface area contributed by atoms with Crippen LogP contribution >= 0.6 is 11.6 Å². The minimum absolute atomic E-state index is 0.242. The minimum Gasteiger partial charge on any atom is -0.198 e. The van der Waals surface area contributed by atoms with Gasteiger partial charge >= 0.3 is 0 Å². The normalized spacial score (nSPS) is 9.73. The number of hydrogen-bond donors (Lipinski definition) is 0. The highest BCUT2D eigenvalue weighted by molar-refractivity contribution is 6.31. The van der Waals surface area contributed by atoms with Crippen molar-refractivity contribution in [1.29, 1.82) is 10.5 Å². The Hall–Kier alpha value is -1.51. The third kappa shape index (κ3) is 2.49. The van der Waals surface area contributed by atoms with E-state index in [0.717, 1.165) is 11.1 Å². The summed E-state index contributed by atoms with van der Waals surface area (Å²) < 4.78 is 0. The monoisotopic (exact) mass is 218 g/mol. The molecule has 0 aliphatic carbocycles. The SMILES string of the molecule is CC(C)c1cc(Cl)c(CC#N)cc1C#N. The fourth-order valence-corrected chi connectivity index (χ4v) is 1.67. The molecule has 0 N–H and O–H groups in total. The molecule has 0 atom stereocenters. The van der Waals surface area contributed by atoms with E-state index in [1.54, 1.807) is 12.1 Å². The molecule has 0 unspecified atom stereocenters. The van der Waals surface area contributed by atoms with Crippen molar-refractivity contribution in [2.24, 2.45) is 0 Å². The van der Waals surface area contributed by atoms with Crippen LogP contribution in [0, 0.1) is 22.7 Å². The Balaban J connectivity index is 3.32. The molecule has 3 heteroatoms. The molecule has 0 aromatic heterocycles. The molecule has 0 saturated heterocycles. The van der Waals surface area contributed by atoms with Gasteiger partial charge in [-0.3, -0.25) is 0 Å². The number of halogens is 1. The van der Waals surface area contributed by atoms with Gasteiger partial charge in [0, 0.05) is 5.02 Å². The van der Waals surface area contributed by atoms with Crippen LogP contribution < -0.4 is 0 Å². The lowest BCUT2D eigenvalue weighted by molar-refractivity contribution is 0.861. The Bertz CT molecular complexity index is 450. The van der Waals surface area contributed by atoms with Crippen LogP contribution in [0.2, 0.25) is 5.02 Å². The predicted molar refractivity (Wildman–Crippen MR) is 59.6 cm³/mol. The van der Waals surface area contributed by atoms with Gasteiger partial charge < -0.3 is 0 Å². The smallest absolute Gasteiger partial charge is 0.0994 e. The van der Waals surface area contributed by atoms with E-state index in [2.05, 4.69) is 6.07 Å². The van der Waals surface area contributed by atoms with Crippen molar-refractivity contribution in [3.63, 3.8) is 0 Å². The lowest BCUT2D eigenvalue weighted by Gasteiger charge is -2.10. The van der Waals surface area contributed by atoms with E-state index in [9.17, 15) is 0 Å². The average molecular weight is 219 g/mol. The summed E-state index contributed by atoms with van der Waals surface area (Å²) in [7, 11) is 0. The van der Waals surface area contributed by atoms with E-state index in [4.69, 9.17) is 22.1 Å². The Morgan fingerprint density at radius 1 is 1.33 bits per heavy atom. The maximum absolute atomic E-state index is 8.97. The van der Waals surface area contributed by atoms with Crippen molar-refractivity contribution < 1.29 is 0 Å². The Morgan fingerprint density at radius 3 is 2.47 bits per heavy atom. The quantitative estimate of drug-likeness (QED) is 0.764. The molecule has 0 saturated carbocycles. The second-order valence-corrected chi connectivity index (χ2v) is 4.04. The van der Waals surface area contributed by atoms with Gasteiger partial charge in [0.2, 0.25) is 0 Å². The third-order valence-corrected chi connectivity index (χ3v) is 2.58.